The van der Waals surface area contributed by atoms with Gasteiger partial charge in [-0.1, -0.05) is 12.8 Å². The Hall–Kier alpha value is -1.40. The Labute approximate surface area is 116 Å². The molecule has 1 fully saturated rings. The average molecular weight is 278 g/mol. The van der Waals surface area contributed by atoms with Gasteiger partial charge in [-0.2, -0.15) is 4.98 Å². The average Bonchev–Trinajstić information content (AvgIpc) is 3.05. The van der Waals surface area contributed by atoms with Crippen LogP contribution < -0.4 is 10.6 Å². The van der Waals surface area contributed by atoms with E-state index in [4.69, 9.17) is 5.73 Å². The molecule has 0 radical (unpaired) electrons. The van der Waals surface area contributed by atoms with Gasteiger partial charge in [-0.3, -0.25) is 0 Å². The van der Waals surface area contributed by atoms with Gasteiger partial charge in [0.15, 0.2) is 0 Å². The first kappa shape index (κ1) is 12.6. The van der Waals surface area contributed by atoms with E-state index in [9.17, 15) is 5.11 Å². The Balaban J connectivity index is 2.05. The quantitative estimate of drug-likeness (QED) is 0.895. The molecule has 0 unspecified atom stereocenters. The molecule has 0 aliphatic heterocycles. The van der Waals surface area contributed by atoms with E-state index in [1.165, 1.54) is 12.8 Å². The molecule has 1 aliphatic carbocycles. The van der Waals surface area contributed by atoms with Crippen molar-refractivity contribution in [1.82, 2.24) is 9.97 Å². The fourth-order valence-electron chi connectivity index (χ4n) is 2.86. The summed E-state index contributed by atoms with van der Waals surface area (Å²) in [6, 6.07) is 2.50. The maximum atomic E-state index is 9.34. The van der Waals surface area contributed by atoms with Gasteiger partial charge in [-0.15, -0.1) is 11.3 Å². The fourth-order valence-corrected chi connectivity index (χ4v) is 3.63. The summed E-state index contributed by atoms with van der Waals surface area (Å²) in [6.45, 7) is 0.734. The maximum absolute atomic E-state index is 9.34. The highest BCUT2D eigenvalue weighted by molar-refractivity contribution is 7.16. The van der Waals surface area contributed by atoms with E-state index in [-0.39, 0.29) is 6.61 Å². The first-order chi connectivity index (χ1) is 9.29. The van der Waals surface area contributed by atoms with Crippen molar-refractivity contribution in [3.63, 3.8) is 0 Å². The second-order valence-electron chi connectivity index (χ2n) is 4.90. The van der Waals surface area contributed by atoms with E-state index in [1.807, 2.05) is 11.4 Å². The molecule has 0 aromatic carbocycles. The highest BCUT2D eigenvalue weighted by Crippen LogP contribution is 2.33. The third-order valence-electron chi connectivity index (χ3n) is 3.70. The fraction of sp³-hybridized carbons (Fsp3) is 0.538. The van der Waals surface area contributed by atoms with Gasteiger partial charge in [0.25, 0.3) is 0 Å². The summed E-state index contributed by atoms with van der Waals surface area (Å²) in [7, 11) is 0. The van der Waals surface area contributed by atoms with Crippen molar-refractivity contribution >= 4 is 33.3 Å². The Morgan fingerprint density at radius 3 is 2.89 bits per heavy atom. The molecule has 1 saturated carbocycles. The maximum Gasteiger partial charge on any atom is 0.223 e. The standard InChI is InChI=1S/C13H18N4OS/c14-13-15-11(10-5-8-19-12(10)16-13)17(6-7-18)9-3-1-2-4-9/h5,8-9,18H,1-4,6-7H2,(H2,14,15,16). The predicted molar refractivity (Wildman–Crippen MR) is 78.5 cm³/mol. The number of thiophene rings is 1. The molecule has 0 bridgehead atoms. The molecule has 2 aromatic rings. The third-order valence-corrected chi connectivity index (χ3v) is 4.51. The van der Waals surface area contributed by atoms with Gasteiger partial charge in [0.1, 0.15) is 10.6 Å². The summed E-state index contributed by atoms with van der Waals surface area (Å²) in [5, 5.41) is 12.4. The zero-order valence-electron chi connectivity index (χ0n) is 10.7. The molecular weight excluding hydrogens is 260 g/mol. The molecule has 19 heavy (non-hydrogen) atoms. The number of hydrogen-bond donors (Lipinski definition) is 2. The van der Waals surface area contributed by atoms with Crippen LogP contribution in [0.5, 0.6) is 0 Å². The number of anilines is 2. The number of fused-ring (bicyclic) bond motifs is 1. The van der Waals surface area contributed by atoms with Gasteiger partial charge in [-0.25, -0.2) is 4.98 Å². The van der Waals surface area contributed by atoms with Gasteiger partial charge in [0.05, 0.1) is 12.0 Å². The molecule has 1 aliphatic rings. The molecule has 0 saturated heterocycles. The largest absolute Gasteiger partial charge is 0.395 e. The zero-order valence-corrected chi connectivity index (χ0v) is 11.6. The molecule has 3 rings (SSSR count). The minimum Gasteiger partial charge on any atom is -0.395 e. The lowest BCUT2D eigenvalue weighted by molar-refractivity contribution is 0.297. The highest BCUT2D eigenvalue weighted by Gasteiger charge is 2.25. The molecule has 0 atom stereocenters. The van der Waals surface area contributed by atoms with Crippen LogP contribution in [0, 0.1) is 0 Å². The summed E-state index contributed by atoms with van der Waals surface area (Å²) >= 11 is 1.57. The van der Waals surface area contributed by atoms with Crippen LogP contribution in [-0.4, -0.2) is 34.3 Å². The summed E-state index contributed by atoms with van der Waals surface area (Å²) in [6.07, 6.45) is 4.82. The summed E-state index contributed by atoms with van der Waals surface area (Å²) in [5.41, 5.74) is 5.81. The molecule has 102 valence electrons. The first-order valence-corrected chi connectivity index (χ1v) is 7.56. The number of nitrogen functional groups attached to an aromatic ring is 1. The van der Waals surface area contributed by atoms with Crippen molar-refractivity contribution in [1.29, 1.82) is 0 Å². The normalized spacial score (nSPS) is 16.3. The van der Waals surface area contributed by atoms with E-state index in [0.29, 0.717) is 18.5 Å². The van der Waals surface area contributed by atoms with Gasteiger partial charge < -0.3 is 15.7 Å². The Morgan fingerprint density at radius 2 is 2.16 bits per heavy atom. The molecule has 2 aromatic heterocycles. The van der Waals surface area contributed by atoms with Crippen LogP contribution in [0.25, 0.3) is 10.2 Å². The third kappa shape index (κ3) is 2.37. The number of aliphatic hydroxyl groups is 1. The van der Waals surface area contributed by atoms with Crippen molar-refractivity contribution < 1.29 is 5.11 Å². The molecular formula is C13H18N4OS. The van der Waals surface area contributed by atoms with Crippen LogP contribution >= 0.6 is 11.3 Å². The van der Waals surface area contributed by atoms with E-state index in [0.717, 1.165) is 28.9 Å². The number of nitrogens with zero attached hydrogens (tertiary/aromatic N) is 3. The van der Waals surface area contributed by atoms with Crippen LogP contribution in [-0.2, 0) is 0 Å². The first-order valence-electron chi connectivity index (χ1n) is 6.68. The van der Waals surface area contributed by atoms with Gasteiger partial charge in [0.2, 0.25) is 5.95 Å². The molecule has 5 nitrogen and oxygen atoms in total. The zero-order chi connectivity index (χ0) is 13.2. The van der Waals surface area contributed by atoms with Crippen molar-refractivity contribution in [2.45, 2.75) is 31.7 Å². The van der Waals surface area contributed by atoms with Crippen molar-refractivity contribution in [2.24, 2.45) is 0 Å². The smallest absolute Gasteiger partial charge is 0.223 e. The lowest BCUT2D eigenvalue weighted by Crippen LogP contribution is -2.36. The molecule has 6 heteroatoms. The summed E-state index contributed by atoms with van der Waals surface area (Å²) < 4.78 is 0. The Bertz CT molecular complexity index is 565. The number of hydrogen-bond acceptors (Lipinski definition) is 6. The number of nitrogens with two attached hydrogens (primary N) is 1. The van der Waals surface area contributed by atoms with E-state index < -0.39 is 0 Å². The number of aliphatic hydroxyl groups excluding tert-OH is 1. The predicted octanol–water partition coefficient (Wildman–Crippen LogP) is 2.01. The SMILES string of the molecule is Nc1nc(N(CCO)C2CCCC2)c2ccsc2n1. The number of rotatable bonds is 4. The highest BCUT2D eigenvalue weighted by atomic mass is 32.1. The molecule has 0 spiro atoms. The van der Waals surface area contributed by atoms with E-state index in [1.54, 1.807) is 11.3 Å². The van der Waals surface area contributed by atoms with E-state index >= 15 is 0 Å². The van der Waals surface area contributed by atoms with Crippen molar-refractivity contribution in [3.05, 3.63) is 11.4 Å². The molecule has 0 amide bonds. The monoisotopic (exact) mass is 278 g/mol. The lowest BCUT2D eigenvalue weighted by Gasteiger charge is -2.30. The van der Waals surface area contributed by atoms with Crippen LogP contribution in [0.3, 0.4) is 0 Å². The van der Waals surface area contributed by atoms with Gasteiger partial charge >= 0.3 is 0 Å². The van der Waals surface area contributed by atoms with Gasteiger partial charge in [0, 0.05) is 12.6 Å². The van der Waals surface area contributed by atoms with Crippen LogP contribution in [0.1, 0.15) is 25.7 Å². The Kier molecular flexibility index (Phi) is 3.52. The van der Waals surface area contributed by atoms with Crippen LogP contribution in [0.4, 0.5) is 11.8 Å². The summed E-state index contributed by atoms with van der Waals surface area (Å²) in [5.74, 6) is 1.19. The van der Waals surface area contributed by atoms with Crippen LogP contribution in [0.15, 0.2) is 11.4 Å². The number of aromatic nitrogens is 2. The molecule has 2 heterocycles. The second kappa shape index (κ2) is 5.30. The van der Waals surface area contributed by atoms with Crippen molar-refractivity contribution in [2.75, 3.05) is 23.8 Å². The summed E-state index contributed by atoms with van der Waals surface area (Å²) in [4.78, 5) is 11.8. The molecule has 3 N–H and O–H groups in total. The topological polar surface area (TPSA) is 75.3 Å². The lowest BCUT2D eigenvalue weighted by atomic mass is 10.2. The van der Waals surface area contributed by atoms with Crippen molar-refractivity contribution in [3.8, 4) is 0 Å². The van der Waals surface area contributed by atoms with Crippen LogP contribution in [0.2, 0.25) is 0 Å². The van der Waals surface area contributed by atoms with E-state index in [2.05, 4.69) is 14.9 Å². The minimum atomic E-state index is 0.131. The minimum absolute atomic E-state index is 0.131. The Morgan fingerprint density at radius 1 is 1.37 bits per heavy atom. The second-order valence-corrected chi connectivity index (χ2v) is 5.79. The van der Waals surface area contributed by atoms with Gasteiger partial charge in [-0.05, 0) is 24.3 Å².